The summed E-state index contributed by atoms with van der Waals surface area (Å²) in [5.41, 5.74) is 0.509. The Morgan fingerprint density at radius 2 is 2.13 bits per heavy atom. The molecule has 1 saturated heterocycles. The lowest BCUT2D eigenvalue weighted by molar-refractivity contribution is 0.382. The van der Waals surface area contributed by atoms with Crippen LogP contribution in [-0.4, -0.2) is 42.6 Å². The minimum atomic E-state index is -3.62. The van der Waals surface area contributed by atoms with E-state index in [2.05, 4.69) is 19.6 Å². The Bertz CT molecular complexity index is 888. The number of pyridine rings is 1. The summed E-state index contributed by atoms with van der Waals surface area (Å²) in [6, 6.07) is 1.49. The van der Waals surface area contributed by atoms with Crippen molar-refractivity contribution in [3.8, 4) is 0 Å². The molecular formula is C13H18N6O3S. The van der Waals surface area contributed by atoms with Gasteiger partial charge in [-0.15, -0.1) is 0 Å². The van der Waals surface area contributed by atoms with Crippen molar-refractivity contribution in [1.29, 1.82) is 0 Å². The molecule has 0 saturated carbocycles. The first-order valence-corrected chi connectivity index (χ1v) is 8.72. The fourth-order valence-corrected chi connectivity index (χ4v) is 3.10. The van der Waals surface area contributed by atoms with Gasteiger partial charge in [-0.3, -0.25) is 4.79 Å². The predicted molar refractivity (Wildman–Crippen MR) is 86.2 cm³/mol. The second-order valence-corrected chi connectivity index (χ2v) is 7.10. The van der Waals surface area contributed by atoms with Crippen molar-refractivity contribution in [2.45, 2.75) is 6.42 Å². The molecule has 0 bridgehead atoms. The molecule has 1 fully saturated rings. The van der Waals surface area contributed by atoms with Gasteiger partial charge in [-0.05, 0) is 12.3 Å². The molecule has 2 aromatic heterocycles. The number of aryl methyl sites for hydroxylation is 1. The van der Waals surface area contributed by atoms with Crippen LogP contribution in [0.3, 0.4) is 0 Å². The van der Waals surface area contributed by atoms with Crippen molar-refractivity contribution in [3.63, 3.8) is 0 Å². The molecule has 1 aliphatic rings. The third kappa shape index (κ3) is 3.49. The first-order valence-electron chi connectivity index (χ1n) is 7.17. The van der Waals surface area contributed by atoms with Gasteiger partial charge in [0.1, 0.15) is 12.1 Å². The lowest BCUT2D eigenvalue weighted by atomic mass is 9.96. The first kappa shape index (κ1) is 15.8. The SMILES string of the molecule is Cn1cc2c(N3CC(CCNS(N)(=O)=O)C3)ncnc2cc1=O. The minimum absolute atomic E-state index is 0.113. The van der Waals surface area contributed by atoms with Crippen LogP contribution in [0.25, 0.3) is 10.9 Å². The highest BCUT2D eigenvalue weighted by Crippen LogP contribution is 2.29. The van der Waals surface area contributed by atoms with Crippen LogP contribution in [0.2, 0.25) is 0 Å². The van der Waals surface area contributed by atoms with E-state index in [0.29, 0.717) is 24.4 Å². The molecule has 3 rings (SSSR count). The molecule has 0 amide bonds. The molecule has 0 unspecified atom stereocenters. The maximum absolute atomic E-state index is 11.7. The van der Waals surface area contributed by atoms with E-state index in [9.17, 15) is 13.2 Å². The molecule has 0 spiro atoms. The quantitative estimate of drug-likeness (QED) is 0.717. The fraction of sp³-hybridized carbons (Fsp3) is 0.462. The Hall–Kier alpha value is -2.04. The molecule has 3 N–H and O–H groups in total. The summed E-state index contributed by atoms with van der Waals surface area (Å²) in [6.07, 6.45) is 3.91. The van der Waals surface area contributed by atoms with Crippen molar-refractivity contribution < 1.29 is 8.42 Å². The third-order valence-corrected chi connectivity index (χ3v) is 4.54. The third-order valence-electron chi connectivity index (χ3n) is 3.94. The highest BCUT2D eigenvalue weighted by molar-refractivity contribution is 7.87. The number of hydrogen-bond donors (Lipinski definition) is 2. The van der Waals surface area contributed by atoms with E-state index in [1.807, 2.05) is 0 Å². The second kappa shape index (κ2) is 5.87. The van der Waals surface area contributed by atoms with Crippen molar-refractivity contribution in [3.05, 3.63) is 28.9 Å². The highest BCUT2D eigenvalue weighted by atomic mass is 32.2. The van der Waals surface area contributed by atoms with Crippen molar-refractivity contribution in [1.82, 2.24) is 19.3 Å². The standard InChI is InChI=1S/C13H18N6O3S/c1-18-7-10-11(4-12(18)20)15-8-16-13(10)19-5-9(6-19)2-3-17-23(14,21)22/h4,7-9,17H,2-3,5-6H2,1H3,(H2,14,21,22). The zero-order valence-corrected chi connectivity index (χ0v) is 13.5. The number of aromatic nitrogens is 3. The number of fused-ring (bicyclic) bond motifs is 1. The summed E-state index contributed by atoms with van der Waals surface area (Å²) in [7, 11) is -1.93. The summed E-state index contributed by atoms with van der Waals surface area (Å²) in [5.74, 6) is 1.17. The lowest BCUT2D eigenvalue weighted by Crippen LogP contribution is -2.48. The normalized spacial score (nSPS) is 15.8. The first-order chi connectivity index (χ1) is 10.8. The smallest absolute Gasteiger partial charge is 0.274 e. The summed E-state index contributed by atoms with van der Waals surface area (Å²) < 4.78 is 25.4. The average Bonchev–Trinajstić information content (AvgIpc) is 2.41. The van der Waals surface area contributed by atoms with Crippen molar-refractivity contribution in [2.75, 3.05) is 24.5 Å². The van der Waals surface area contributed by atoms with Gasteiger partial charge in [0.2, 0.25) is 0 Å². The van der Waals surface area contributed by atoms with Crippen LogP contribution in [0.15, 0.2) is 23.4 Å². The van der Waals surface area contributed by atoms with E-state index in [1.54, 1.807) is 13.2 Å². The van der Waals surface area contributed by atoms with Crippen LogP contribution in [0.4, 0.5) is 5.82 Å². The Morgan fingerprint density at radius 3 is 2.83 bits per heavy atom. The molecule has 0 aromatic carbocycles. The molecule has 2 aromatic rings. The zero-order chi connectivity index (χ0) is 16.6. The highest BCUT2D eigenvalue weighted by Gasteiger charge is 2.28. The molecule has 0 atom stereocenters. The number of nitrogens with two attached hydrogens (primary N) is 1. The summed E-state index contributed by atoms with van der Waals surface area (Å²) in [4.78, 5) is 22.2. The number of nitrogens with one attached hydrogen (secondary N) is 1. The number of nitrogens with zero attached hydrogens (tertiary/aromatic N) is 4. The molecule has 124 valence electrons. The predicted octanol–water partition coefficient (Wildman–Crippen LogP) is -1.05. The van der Waals surface area contributed by atoms with Gasteiger partial charge in [-0.25, -0.2) is 19.8 Å². The molecule has 0 radical (unpaired) electrons. The number of hydrogen-bond acceptors (Lipinski definition) is 6. The molecular weight excluding hydrogens is 320 g/mol. The topological polar surface area (TPSA) is 123 Å². The molecule has 9 nitrogen and oxygen atoms in total. The molecule has 1 aliphatic heterocycles. The van der Waals surface area contributed by atoms with E-state index >= 15 is 0 Å². The van der Waals surface area contributed by atoms with E-state index in [0.717, 1.165) is 24.3 Å². The van der Waals surface area contributed by atoms with Gasteiger partial charge in [0.05, 0.1) is 10.9 Å². The summed E-state index contributed by atoms with van der Waals surface area (Å²) in [5, 5.41) is 5.72. The second-order valence-electron chi connectivity index (χ2n) is 5.72. The fourth-order valence-electron chi connectivity index (χ4n) is 2.70. The van der Waals surface area contributed by atoms with Crippen LogP contribution in [0.5, 0.6) is 0 Å². The van der Waals surface area contributed by atoms with E-state index in [4.69, 9.17) is 5.14 Å². The maximum Gasteiger partial charge on any atom is 0.274 e. The van der Waals surface area contributed by atoms with Crippen molar-refractivity contribution in [2.24, 2.45) is 18.1 Å². The van der Waals surface area contributed by atoms with Gasteiger partial charge in [0, 0.05) is 38.9 Å². The largest absolute Gasteiger partial charge is 0.355 e. The zero-order valence-electron chi connectivity index (χ0n) is 12.6. The summed E-state index contributed by atoms with van der Waals surface area (Å²) >= 11 is 0. The van der Waals surface area contributed by atoms with Crippen LogP contribution in [-0.2, 0) is 17.3 Å². The lowest BCUT2D eigenvalue weighted by Gasteiger charge is -2.40. The molecule has 10 heteroatoms. The Labute approximate surface area is 133 Å². The Morgan fingerprint density at radius 1 is 1.39 bits per heavy atom. The van der Waals surface area contributed by atoms with E-state index < -0.39 is 10.2 Å². The van der Waals surface area contributed by atoms with Crippen LogP contribution >= 0.6 is 0 Å². The van der Waals surface area contributed by atoms with Crippen molar-refractivity contribution >= 4 is 26.9 Å². The monoisotopic (exact) mass is 338 g/mol. The van der Waals surface area contributed by atoms with Gasteiger partial charge in [-0.2, -0.15) is 8.42 Å². The van der Waals surface area contributed by atoms with Gasteiger partial charge in [0.15, 0.2) is 0 Å². The molecule has 3 heterocycles. The van der Waals surface area contributed by atoms with Gasteiger partial charge in [-0.1, -0.05) is 0 Å². The number of anilines is 1. The maximum atomic E-state index is 11.7. The van der Waals surface area contributed by atoms with Gasteiger partial charge < -0.3 is 9.47 Å². The van der Waals surface area contributed by atoms with E-state index in [1.165, 1.54) is 17.0 Å². The molecule has 0 aliphatic carbocycles. The Balaban J connectivity index is 1.69. The van der Waals surface area contributed by atoms with Gasteiger partial charge in [0.25, 0.3) is 15.8 Å². The van der Waals surface area contributed by atoms with Gasteiger partial charge >= 0.3 is 0 Å². The molecule has 23 heavy (non-hydrogen) atoms. The minimum Gasteiger partial charge on any atom is -0.355 e. The average molecular weight is 338 g/mol. The number of rotatable bonds is 5. The summed E-state index contributed by atoms with van der Waals surface area (Å²) in [6.45, 7) is 1.89. The van der Waals surface area contributed by atoms with Crippen LogP contribution in [0.1, 0.15) is 6.42 Å². The van der Waals surface area contributed by atoms with Crippen LogP contribution < -0.4 is 20.3 Å². The Kier molecular flexibility index (Phi) is 4.04. The van der Waals surface area contributed by atoms with E-state index in [-0.39, 0.29) is 5.56 Å². The van der Waals surface area contributed by atoms with Crippen LogP contribution in [0, 0.1) is 5.92 Å².